The van der Waals surface area contributed by atoms with Gasteiger partial charge in [-0.05, 0) is 48.1 Å². The van der Waals surface area contributed by atoms with Crippen molar-refractivity contribution in [3.05, 3.63) is 29.8 Å². The predicted molar refractivity (Wildman–Crippen MR) is 73.4 cm³/mol. The van der Waals surface area contributed by atoms with Crippen LogP contribution in [0.2, 0.25) is 0 Å². The minimum absolute atomic E-state index is 0.671. The lowest BCUT2D eigenvalue weighted by atomic mass is 10.2. The number of thioether (sulfide) groups is 1. The van der Waals surface area contributed by atoms with Crippen LogP contribution in [0.15, 0.2) is 24.3 Å². The molecule has 0 amide bonds. The minimum atomic E-state index is 0.671. The number of hydrogen-bond donors (Lipinski definition) is 0. The van der Waals surface area contributed by atoms with Crippen LogP contribution in [0, 0.1) is 17.2 Å². The Morgan fingerprint density at radius 3 is 2.59 bits per heavy atom. The third-order valence-electron chi connectivity index (χ3n) is 2.14. The molecule has 0 bridgehead atoms. The Labute approximate surface area is 108 Å². The molecule has 0 aliphatic carbocycles. The normalized spacial score (nSPS) is 10.2. The van der Waals surface area contributed by atoms with Gasteiger partial charge in [-0.25, -0.2) is 0 Å². The maximum atomic E-state index is 8.65. The summed E-state index contributed by atoms with van der Waals surface area (Å²) in [4.78, 5) is 0. The van der Waals surface area contributed by atoms with E-state index in [-0.39, 0.29) is 0 Å². The quantitative estimate of drug-likeness (QED) is 0.690. The number of ether oxygens (including phenoxy) is 1. The van der Waals surface area contributed by atoms with E-state index in [0.717, 1.165) is 30.4 Å². The molecule has 0 unspecified atom stereocenters. The minimum Gasteiger partial charge on any atom is -0.494 e. The second-order valence-electron chi connectivity index (χ2n) is 4.31. The van der Waals surface area contributed by atoms with Crippen molar-refractivity contribution in [1.82, 2.24) is 0 Å². The van der Waals surface area contributed by atoms with Gasteiger partial charge in [0.25, 0.3) is 0 Å². The summed E-state index contributed by atoms with van der Waals surface area (Å²) in [5.41, 5.74) is 0.671. The summed E-state index contributed by atoms with van der Waals surface area (Å²) in [5.74, 6) is 3.98. The molecule has 0 aliphatic heterocycles. The maximum absolute atomic E-state index is 8.65. The first-order valence-corrected chi connectivity index (χ1v) is 7.08. The first-order valence-electron chi connectivity index (χ1n) is 5.93. The summed E-state index contributed by atoms with van der Waals surface area (Å²) in [6.45, 7) is 5.22. The van der Waals surface area contributed by atoms with Gasteiger partial charge in [0.15, 0.2) is 0 Å². The van der Waals surface area contributed by atoms with Crippen LogP contribution in [0.1, 0.15) is 25.8 Å². The molecule has 0 fully saturated rings. The number of rotatable bonds is 7. The fourth-order valence-corrected chi connectivity index (χ4v) is 2.26. The predicted octanol–water partition coefficient (Wildman–Crippen LogP) is 3.72. The number of nitriles is 1. The summed E-state index contributed by atoms with van der Waals surface area (Å²) in [6, 6.07) is 9.35. The molecular formula is C14H19NOS. The van der Waals surface area contributed by atoms with Gasteiger partial charge in [0.2, 0.25) is 0 Å². The van der Waals surface area contributed by atoms with Crippen molar-refractivity contribution in [1.29, 1.82) is 5.26 Å². The van der Waals surface area contributed by atoms with E-state index in [0.29, 0.717) is 5.56 Å². The Balaban J connectivity index is 2.12. The largest absolute Gasteiger partial charge is 0.494 e. The van der Waals surface area contributed by atoms with Crippen molar-refractivity contribution in [2.75, 3.05) is 18.1 Å². The Morgan fingerprint density at radius 2 is 2.00 bits per heavy atom. The third kappa shape index (κ3) is 6.23. The molecule has 1 aromatic carbocycles. The standard InChI is InChI=1S/C14H19NOS/c1-12(2)11-17-9-3-8-16-14-6-4-13(10-15)5-7-14/h4-7,12H,3,8-9,11H2,1-2H3. The Kier molecular flexibility index (Phi) is 6.57. The van der Waals surface area contributed by atoms with Crippen molar-refractivity contribution >= 4 is 11.8 Å². The highest BCUT2D eigenvalue weighted by Gasteiger charge is 1.96. The first kappa shape index (κ1) is 13.9. The SMILES string of the molecule is CC(C)CSCCCOc1ccc(C#N)cc1. The molecule has 3 heteroatoms. The van der Waals surface area contributed by atoms with Gasteiger partial charge < -0.3 is 4.74 Å². The number of nitrogens with zero attached hydrogens (tertiary/aromatic N) is 1. The zero-order chi connectivity index (χ0) is 12.5. The molecule has 0 saturated carbocycles. The van der Waals surface area contributed by atoms with E-state index >= 15 is 0 Å². The summed E-state index contributed by atoms with van der Waals surface area (Å²) >= 11 is 1.98. The smallest absolute Gasteiger partial charge is 0.119 e. The Bertz CT molecular complexity index is 353. The fourth-order valence-electron chi connectivity index (χ4n) is 1.30. The third-order valence-corrected chi connectivity index (χ3v) is 3.62. The van der Waals surface area contributed by atoms with Gasteiger partial charge in [-0.3, -0.25) is 0 Å². The van der Waals surface area contributed by atoms with Crippen molar-refractivity contribution in [2.45, 2.75) is 20.3 Å². The molecule has 0 aliphatic rings. The fraction of sp³-hybridized carbons (Fsp3) is 0.500. The highest BCUT2D eigenvalue weighted by atomic mass is 32.2. The van der Waals surface area contributed by atoms with Crippen molar-refractivity contribution in [2.24, 2.45) is 5.92 Å². The van der Waals surface area contributed by atoms with E-state index < -0.39 is 0 Å². The van der Waals surface area contributed by atoms with Gasteiger partial charge in [-0.1, -0.05) is 13.8 Å². The average Bonchev–Trinajstić information content (AvgIpc) is 2.34. The van der Waals surface area contributed by atoms with E-state index in [2.05, 4.69) is 19.9 Å². The summed E-state index contributed by atoms with van der Waals surface area (Å²) in [5, 5.41) is 8.65. The molecule has 0 heterocycles. The van der Waals surface area contributed by atoms with Gasteiger partial charge >= 0.3 is 0 Å². The van der Waals surface area contributed by atoms with E-state index in [4.69, 9.17) is 10.00 Å². The van der Waals surface area contributed by atoms with Crippen LogP contribution in [-0.2, 0) is 0 Å². The van der Waals surface area contributed by atoms with E-state index in [1.54, 1.807) is 12.1 Å². The molecule has 92 valence electrons. The van der Waals surface area contributed by atoms with Crippen LogP contribution in [0.4, 0.5) is 0 Å². The number of hydrogen-bond acceptors (Lipinski definition) is 3. The zero-order valence-electron chi connectivity index (χ0n) is 10.5. The molecule has 0 radical (unpaired) electrons. The molecule has 0 spiro atoms. The van der Waals surface area contributed by atoms with Crippen LogP contribution < -0.4 is 4.74 Å². The summed E-state index contributed by atoms with van der Waals surface area (Å²) < 4.78 is 5.59. The van der Waals surface area contributed by atoms with Crippen molar-refractivity contribution < 1.29 is 4.74 Å². The molecule has 1 aromatic rings. The second kappa shape index (κ2) is 8.03. The lowest BCUT2D eigenvalue weighted by molar-refractivity contribution is 0.318. The van der Waals surface area contributed by atoms with Crippen molar-refractivity contribution in [3.63, 3.8) is 0 Å². The first-order chi connectivity index (χ1) is 8.22. The summed E-state index contributed by atoms with van der Waals surface area (Å²) in [6.07, 6.45) is 1.07. The molecule has 2 nitrogen and oxygen atoms in total. The van der Waals surface area contributed by atoms with E-state index in [9.17, 15) is 0 Å². The van der Waals surface area contributed by atoms with E-state index in [1.807, 2.05) is 23.9 Å². The lowest BCUT2D eigenvalue weighted by Crippen LogP contribution is -2.00. The van der Waals surface area contributed by atoms with Gasteiger partial charge in [-0.2, -0.15) is 17.0 Å². The van der Waals surface area contributed by atoms with Crippen LogP contribution >= 0.6 is 11.8 Å². The van der Waals surface area contributed by atoms with Crippen LogP contribution in [0.3, 0.4) is 0 Å². The number of benzene rings is 1. The maximum Gasteiger partial charge on any atom is 0.119 e. The molecule has 0 N–H and O–H groups in total. The highest BCUT2D eigenvalue weighted by Crippen LogP contribution is 2.13. The van der Waals surface area contributed by atoms with Gasteiger partial charge in [0, 0.05) is 0 Å². The summed E-state index contributed by atoms with van der Waals surface area (Å²) in [7, 11) is 0. The average molecular weight is 249 g/mol. The van der Waals surface area contributed by atoms with E-state index in [1.165, 1.54) is 5.75 Å². The monoisotopic (exact) mass is 249 g/mol. The molecular weight excluding hydrogens is 230 g/mol. The van der Waals surface area contributed by atoms with Crippen LogP contribution in [0.25, 0.3) is 0 Å². The lowest BCUT2D eigenvalue weighted by Gasteiger charge is -2.07. The molecule has 0 aromatic heterocycles. The van der Waals surface area contributed by atoms with Crippen LogP contribution in [-0.4, -0.2) is 18.1 Å². The molecule has 17 heavy (non-hydrogen) atoms. The molecule has 1 rings (SSSR count). The topological polar surface area (TPSA) is 33.0 Å². The highest BCUT2D eigenvalue weighted by molar-refractivity contribution is 7.99. The van der Waals surface area contributed by atoms with Crippen LogP contribution in [0.5, 0.6) is 5.75 Å². The zero-order valence-corrected chi connectivity index (χ0v) is 11.3. The Morgan fingerprint density at radius 1 is 1.29 bits per heavy atom. The van der Waals surface area contributed by atoms with Crippen molar-refractivity contribution in [3.8, 4) is 11.8 Å². The second-order valence-corrected chi connectivity index (χ2v) is 5.46. The van der Waals surface area contributed by atoms with Gasteiger partial charge in [0.1, 0.15) is 5.75 Å². The molecule has 0 saturated heterocycles. The Hall–Kier alpha value is -1.14. The van der Waals surface area contributed by atoms with Gasteiger partial charge in [-0.15, -0.1) is 0 Å². The molecule has 0 atom stereocenters. The van der Waals surface area contributed by atoms with Gasteiger partial charge in [0.05, 0.1) is 18.2 Å².